The third-order valence-corrected chi connectivity index (χ3v) is 4.98. The molecule has 0 aliphatic carbocycles. The highest BCUT2D eigenvalue weighted by Crippen LogP contribution is 2.22. The minimum Gasteiger partial charge on any atom is -0.324 e. The monoisotopic (exact) mass is 291 g/mol. The summed E-state index contributed by atoms with van der Waals surface area (Å²) in [6.45, 7) is 5.88. The lowest BCUT2D eigenvalue weighted by Gasteiger charge is -2.44. The van der Waals surface area contributed by atoms with E-state index in [-0.39, 0.29) is 11.9 Å². The van der Waals surface area contributed by atoms with E-state index in [2.05, 4.69) is 9.80 Å². The van der Waals surface area contributed by atoms with Gasteiger partial charge in [-0.25, -0.2) is 4.39 Å². The highest BCUT2D eigenvalue weighted by atomic mass is 19.1. The molecule has 0 spiro atoms. The van der Waals surface area contributed by atoms with Crippen LogP contribution in [0, 0.1) is 5.82 Å². The molecular weight excluding hydrogens is 265 g/mol. The van der Waals surface area contributed by atoms with Crippen molar-refractivity contribution in [2.45, 2.75) is 37.8 Å². The second-order valence-electron chi connectivity index (χ2n) is 6.43. The molecule has 0 amide bonds. The zero-order chi connectivity index (χ0) is 14.7. The second kappa shape index (κ2) is 6.86. The van der Waals surface area contributed by atoms with Crippen LogP contribution >= 0.6 is 0 Å². The number of piperazine rings is 1. The van der Waals surface area contributed by atoms with Crippen LogP contribution in [0.1, 0.15) is 37.3 Å². The predicted octanol–water partition coefficient (Wildman–Crippen LogP) is 2.39. The van der Waals surface area contributed by atoms with Crippen molar-refractivity contribution in [3.63, 3.8) is 0 Å². The highest BCUT2D eigenvalue weighted by Gasteiger charge is 2.28. The minimum atomic E-state index is -0.195. The number of hydrogen-bond acceptors (Lipinski definition) is 3. The molecule has 2 unspecified atom stereocenters. The largest absolute Gasteiger partial charge is 0.324 e. The first-order chi connectivity index (χ1) is 10.2. The van der Waals surface area contributed by atoms with Gasteiger partial charge in [-0.3, -0.25) is 4.90 Å². The first-order valence-corrected chi connectivity index (χ1v) is 8.20. The number of nitrogens with two attached hydrogens (primary N) is 1. The third kappa shape index (κ3) is 3.82. The summed E-state index contributed by atoms with van der Waals surface area (Å²) in [6, 6.07) is 7.37. The fraction of sp³-hybridized carbons (Fsp3) is 0.647. The van der Waals surface area contributed by atoms with Gasteiger partial charge in [0.15, 0.2) is 0 Å². The van der Waals surface area contributed by atoms with E-state index in [0.717, 1.165) is 31.1 Å². The van der Waals surface area contributed by atoms with E-state index >= 15 is 0 Å². The molecule has 2 saturated heterocycles. The van der Waals surface area contributed by atoms with Gasteiger partial charge in [0, 0.05) is 38.3 Å². The van der Waals surface area contributed by atoms with Gasteiger partial charge in [0.1, 0.15) is 5.82 Å². The quantitative estimate of drug-likeness (QED) is 0.924. The molecular formula is C17H26FN3. The number of nitrogens with zero attached hydrogens (tertiary/aromatic N) is 2. The lowest BCUT2D eigenvalue weighted by Crippen LogP contribution is -2.54. The molecule has 2 aliphatic rings. The molecule has 1 aromatic carbocycles. The zero-order valence-corrected chi connectivity index (χ0v) is 12.7. The normalized spacial score (nSPS) is 25.5. The number of benzene rings is 1. The fourth-order valence-electron chi connectivity index (χ4n) is 3.62. The Hall–Kier alpha value is -0.970. The molecule has 0 saturated carbocycles. The molecule has 2 N–H and O–H groups in total. The molecule has 0 bridgehead atoms. The summed E-state index contributed by atoms with van der Waals surface area (Å²) in [5.74, 6) is -0.195. The predicted molar refractivity (Wildman–Crippen MR) is 83.6 cm³/mol. The molecule has 2 atom stereocenters. The summed E-state index contributed by atoms with van der Waals surface area (Å²) in [6.07, 6.45) is 5.04. The third-order valence-electron chi connectivity index (χ3n) is 4.98. The van der Waals surface area contributed by atoms with Gasteiger partial charge < -0.3 is 10.6 Å². The Labute approximate surface area is 126 Å². The number of fused-ring (bicyclic) bond motifs is 1. The molecule has 0 aromatic heterocycles. The summed E-state index contributed by atoms with van der Waals surface area (Å²) in [5.41, 5.74) is 7.27. The van der Waals surface area contributed by atoms with E-state index in [4.69, 9.17) is 5.73 Å². The van der Waals surface area contributed by atoms with Gasteiger partial charge in [-0.05, 0) is 43.5 Å². The maximum absolute atomic E-state index is 12.9. The Morgan fingerprint density at radius 2 is 1.95 bits per heavy atom. The van der Waals surface area contributed by atoms with Crippen LogP contribution in [-0.2, 0) is 0 Å². The lowest BCUT2D eigenvalue weighted by molar-refractivity contribution is 0.0481. The van der Waals surface area contributed by atoms with Crippen LogP contribution in [0.3, 0.4) is 0 Å². The average molecular weight is 291 g/mol. The number of hydrogen-bond donors (Lipinski definition) is 1. The van der Waals surface area contributed by atoms with Gasteiger partial charge in [-0.15, -0.1) is 0 Å². The molecule has 116 valence electrons. The molecule has 3 rings (SSSR count). The Kier molecular flexibility index (Phi) is 4.88. The van der Waals surface area contributed by atoms with Crippen LogP contribution in [0.4, 0.5) is 4.39 Å². The van der Waals surface area contributed by atoms with Crippen LogP contribution in [0.25, 0.3) is 0 Å². The van der Waals surface area contributed by atoms with Crippen molar-refractivity contribution in [2.75, 3.05) is 32.7 Å². The molecule has 3 nitrogen and oxygen atoms in total. The second-order valence-corrected chi connectivity index (χ2v) is 6.43. The Bertz CT molecular complexity index is 448. The van der Waals surface area contributed by atoms with Gasteiger partial charge in [-0.1, -0.05) is 18.6 Å². The van der Waals surface area contributed by atoms with E-state index in [1.165, 1.54) is 51.0 Å². The molecule has 2 fully saturated rings. The zero-order valence-electron chi connectivity index (χ0n) is 12.7. The van der Waals surface area contributed by atoms with Crippen LogP contribution in [0.5, 0.6) is 0 Å². The first kappa shape index (κ1) is 14.9. The van der Waals surface area contributed by atoms with E-state index in [9.17, 15) is 4.39 Å². The molecule has 4 heteroatoms. The van der Waals surface area contributed by atoms with Crippen LogP contribution in [-0.4, -0.2) is 48.6 Å². The lowest BCUT2D eigenvalue weighted by atomic mass is 9.99. The fourth-order valence-corrected chi connectivity index (χ4v) is 3.62. The standard InChI is InChI=1S/C17H26FN3/c18-15-6-4-14(5-7-15)17(19)8-10-20-11-12-21-9-2-1-3-16(21)13-20/h4-7,16-17H,1-3,8-13,19H2. The summed E-state index contributed by atoms with van der Waals surface area (Å²) < 4.78 is 12.9. The SMILES string of the molecule is NC(CCN1CCN2CCCCC2C1)c1ccc(F)cc1. The average Bonchev–Trinajstić information content (AvgIpc) is 2.53. The van der Waals surface area contributed by atoms with Crippen molar-refractivity contribution in [2.24, 2.45) is 5.73 Å². The van der Waals surface area contributed by atoms with Crippen molar-refractivity contribution in [3.05, 3.63) is 35.6 Å². The molecule has 2 heterocycles. The van der Waals surface area contributed by atoms with Crippen LogP contribution in [0.15, 0.2) is 24.3 Å². The summed E-state index contributed by atoms with van der Waals surface area (Å²) in [7, 11) is 0. The van der Waals surface area contributed by atoms with Crippen molar-refractivity contribution in [1.82, 2.24) is 9.80 Å². The maximum Gasteiger partial charge on any atom is 0.123 e. The highest BCUT2D eigenvalue weighted by molar-refractivity contribution is 5.19. The molecule has 21 heavy (non-hydrogen) atoms. The van der Waals surface area contributed by atoms with Gasteiger partial charge in [0.25, 0.3) is 0 Å². The van der Waals surface area contributed by atoms with Crippen molar-refractivity contribution in [1.29, 1.82) is 0 Å². The van der Waals surface area contributed by atoms with E-state index < -0.39 is 0 Å². The van der Waals surface area contributed by atoms with Gasteiger partial charge >= 0.3 is 0 Å². The number of rotatable bonds is 4. The van der Waals surface area contributed by atoms with Gasteiger partial charge in [-0.2, -0.15) is 0 Å². The smallest absolute Gasteiger partial charge is 0.123 e. The van der Waals surface area contributed by atoms with Crippen molar-refractivity contribution < 1.29 is 4.39 Å². The topological polar surface area (TPSA) is 32.5 Å². The molecule has 2 aliphatic heterocycles. The minimum absolute atomic E-state index is 0.00925. The van der Waals surface area contributed by atoms with Crippen LogP contribution in [0.2, 0.25) is 0 Å². The van der Waals surface area contributed by atoms with E-state index in [1.54, 1.807) is 12.1 Å². The van der Waals surface area contributed by atoms with Crippen molar-refractivity contribution >= 4 is 0 Å². The Balaban J connectivity index is 1.47. The summed E-state index contributed by atoms with van der Waals surface area (Å²) in [4.78, 5) is 5.20. The Morgan fingerprint density at radius 3 is 2.76 bits per heavy atom. The first-order valence-electron chi connectivity index (χ1n) is 8.20. The van der Waals surface area contributed by atoms with Crippen molar-refractivity contribution in [3.8, 4) is 0 Å². The molecule has 1 aromatic rings. The maximum atomic E-state index is 12.9. The Morgan fingerprint density at radius 1 is 1.14 bits per heavy atom. The summed E-state index contributed by atoms with van der Waals surface area (Å²) in [5, 5.41) is 0. The van der Waals surface area contributed by atoms with Crippen LogP contribution < -0.4 is 5.73 Å². The summed E-state index contributed by atoms with van der Waals surface area (Å²) >= 11 is 0. The molecule has 0 radical (unpaired) electrons. The number of piperidine rings is 1. The number of halogens is 1. The van der Waals surface area contributed by atoms with Gasteiger partial charge in [0.2, 0.25) is 0 Å². The van der Waals surface area contributed by atoms with E-state index in [1.807, 2.05) is 0 Å². The van der Waals surface area contributed by atoms with Gasteiger partial charge in [0.05, 0.1) is 0 Å². The van der Waals surface area contributed by atoms with E-state index in [0.29, 0.717) is 0 Å².